The van der Waals surface area contributed by atoms with Crippen LogP contribution in [0.1, 0.15) is 20.3 Å². The fourth-order valence-corrected chi connectivity index (χ4v) is 1.62. The topological polar surface area (TPSA) is 43.4 Å². The van der Waals surface area contributed by atoms with Crippen molar-refractivity contribution in [3.05, 3.63) is 12.7 Å². The Morgan fingerprint density at radius 1 is 1.69 bits per heavy atom. The lowest BCUT2D eigenvalue weighted by atomic mass is 9.99. The van der Waals surface area contributed by atoms with Crippen LogP contribution >= 0.6 is 0 Å². The number of allylic oxidation sites excluding steroid dienone is 1. The number of hydrogen-bond acceptors (Lipinski definition) is 3. The van der Waals surface area contributed by atoms with Gasteiger partial charge in [0.1, 0.15) is 11.2 Å². The number of carbonyl (C=O) groups is 2. The summed E-state index contributed by atoms with van der Waals surface area (Å²) in [5.41, 5.74) is -0.891. The molecule has 2 atom stereocenters. The predicted octanol–water partition coefficient (Wildman–Crippen LogP) is 1.33. The van der Waals surface area contributed by atoms with Gasteiger partial charge in [0.2, 0.25) is 0 Å². The quantitative estimate of drug-likeness (QED) is 0.374. The number of rotatable bonds is 4. The highest BCUT2D eigenvalue weighted by Gasteiger charge is 2.63. The van der Waals surface area contributed by atoms with Gasteiger partial charge in [-0.05, 0) is 20.3 Å². The molecular weight excluding hydrogens is 168 g/mol. The van der Waals surface area contributed by atoms with Crippen LogP contribution in [0.25, 0.3) is 0 Å². The largest absolute Gasteiger partial charge is 0.465 e. The summed E-state index contributed by atoms with van der Waals surface area (Å²) in [5, 5.41) is 0. The highest BCUT2D eigenvalue weighted by molar-refractivity contribution is 6.06. The highest BCUT2D eigenvalue weighted by atomic mass is 16.5. The van der Waals surface area contributed by atoms with Crippen LogP contribution in [0.3, 0.4) is 0 Å². The Morgan fingerprint density at radius 3 is 2.62 bits per heavy atom. The van der Waals surface area contributed by atoms with Crippen LogP contribution in [0.15, 0.2) is 12.7 Å². The van der Waals surface area contributed by atoms with E-state index in [2.05, 4.69) is 6.58 Å². The molecule has 0 bridgehead atoms. The number of ketones is 1. The fourth-order valence-electron chi connectivity index (χ4n) is 1.62. The average molecular weight is 182 g/mol. The summed E-state index contributed by atoms with van der Waals surface area (Å²) >= 11 is 0. The smallest absolute Gasteiger partial charge is 0.320 e. The van der Waals surface area contributed by atoms with Crippen molar-refractivity contribution in [3.63, 3.8) is 0 Å². The summed E-state index contributed by atoms with van der Waals surface area (Å²) in [4.78, 5) is 22.7. The molecule has 72 valence electrons. The van der Waals surface area contributed by atoms with E-state index in [-0.39, 0.29) is 11.7 Å². The second-order valence-corrected chi connectivity index (χ2v) is 3.29. The number of carbonyl (C=O) groups excluding carboxylic acids is 2. The van der Waals surface area contributed by atoms with Gasteiger partial charge in [-0.2, -0.15) is 0 Å². The van der Waals surface area contributed by atoms with Crippen LogP contribution in [0.4, 0.5) is 0 Å². The van der Waals surface area contributed by atoms with E-state index < -0.39 is 11.4 Å². The van der Waals surface area contributed by atoms with Crippen molar-refractivity contribution in [1.29, 1.82) is 0 Å². The monoisotopic (exact) mass is 182 g/mol. The zero-order valence-corrected chi connectivity index (χ0v) is 8.00. The molecule has 0 spiro atoms. The number of hydrogen-bond donors (Lipinski definition) is 0. The Balaban J connectivity index is 2.77. The molecular formula is C10H14O3. The molecule has 0 aromatic rings. The maximum atomic E-state index is 11.4. The van der Waals surface area contributed by atoms with Gasteiger partial charge in [0.25, 0.3) is 0 Å². The molecule has 1 saturated carbocycles. The van der Waals surface area contributed by atoms with E-state index in [1.807, 2.05) is 0 Å². The summed E-state index contributed by atoms with van der Waals surface area (Å²) < 4.78 is 4.86. The van der Waals surface area contributed by atoms with Crippen LogP contribution in [0, 0.1) is 11.3 Å². The van der Waals surface area contributed by atoms with Crippen molar-refractivity contribution >= 4 is 11.8 Å². The lowest BCUT2D eigenvalue weighted by molar-refractivity contribution is -0.153. The third-order valence-corrected chi connectivity index (χ3v) is 2.57. The minimum Gasteiger partial charge on any atom is -0.465 e. The standard InChI is InChI=1S/C10H14O3/c1-4-8-6-10(8,7(3)11)9(12)13-5-2/h4,8H,1,5-6H2,2-3H3/t8?,10-/m1/s1. The van der Waals surface area contributed by atoms with Gasteiger partial charge in [0.15, 0.2) is 0 Å². The molecule has 1 aliphatic rings. The van der Waals surface area contributed by atoms with Gasteiger partial charge in [-0.3, -0.25) is 9.59 Å². The Morgan fingerprint density at radius 2 is 2.31 bits per heavy atom. The molecule has 1 rings (SSSR count). The zero-order chi connectivity index (χ0) is 10.1. The van der Waals surface area contributed by atoms with Crippen LogP contribution in [-0.4, -0.2) is 18.4 Å². The molecule has 3 nitrogen and oxygen atoms in total. The van der Waals surface area contributed by atoms with E-state index in [1.54, 1.807) is 13.0 Å². The van der Waals surface area contributed by atoms with Crippen molar-refractivity contribution in [2.24, 2.45) is 11.3 Å². The van der Waals surface area contributed by atoms with Crippen LogP contribution in [0.2, 0.25) is 0 Å². The van der Waals surface area contributed by atoms with Crippen molar-refractivity contribution in [2.45, 2.75) is 20.3 Å². The summed E-state index contributed by atoms with van der Waals surface area (Å²) in [5.74, 6) is -0.535. The van der Waals surface area contributed by atoms with E-state index in [9.17, 15) is 9.59 Å². The first kappa shape index (κ1) is 9.96. The average Bonchev–Trinajstić information content (AvgIpc) is 2.79. The fraction of sp³-hybridized carbons (Fsp3) is 0.600. The third kappa shape index (κ3) is 1.39. The Kier molecular flexibility index (Phi) is 2.55. The highest BCUT2D eigenvalue weighted by Crippen LogP contribution is 2.54. The predicted molar refractivity (Wildman–Crippen MR) is 48.1 cm³/mol. The lowest BCUT2D eigenvalue weighted by Gasteiger charge is -2.10. The molecule has 1 unspecified atom stereocenters. The van der Waals surface area contributed by atoms with E-state index in [4.69, 9.17) is 4.74 Å². The number of Topliss-reactive ketones (excluding diaryl/α,β-unsaturated/α-hetero) is 1. The summed E-state index contributed by atoms with van der Waals surface area (Å²) in [6.07, 6.45) is 2.21. The van der Waals surface area contributed by atoms with Gasteiger partial charge in [0.05, 0.1) is 6.61 Å². The molecule has 0 radical (unpaired) electrons. The van der Waals surface area contributed by atoms with Gasteiger partial charge in [-0.25, -0.2) is 0 Å². The summed E-state index contributed by atoms with van der Waals surface area (Å²) in [7, 11) is 0. The van der Waals surface area contributed by atoms with E-state index in [0.717, 1.165) is 0 Å². The molecule has 0 N–H and O–H groups in total. The van der Waals surface area contributed by atoms with Crippen molar-refractivity contribution < 1.29 is 14.3 Å². The first-order valence-electron chi connectivity index (χ1n) is 4.40. The normalized spacial score (nSPS) is 30.8. The van der Waals surface area contributed by atoms with E-state index in [0.29, 0.717) is 13.0 Å². The summed E-state index contributed by atoms with van der Waals surface area (Å²) in [6, 6.07) is 0. The first-order chi connectivity index (χ1) is 6.09. The second-order valence-electron chi connectivity index (χ2n) is 3.29. The lowest BCUT2D eigenvalue weighted by Crippen LogP contribution is -2.27. The minimum absolute atomic E-state index is 0.0240. The van der Waals surface area contributed by atoms with Crippen molar-refractivity contribution in [3.8, 4) is 0 Å². The van der Waals surface area contributed by atoms with Gasteiger partial charge in [-0.15, -0.1) is 6.58 Å². The van der Waals surface area contributed by atoms with Gasteiger partial charge in [0, 0.05) is 5.92 Å². The maximum absolute atomic E-state index is 11.4. The van der Waals surface area contributed by atoms with Gasteiger partial charge >= 0.3 is 5.97 Å². The molecule has 1 fully saturated rings. The van der Waals surface area contributed by atoms with Gasteiger partial charge < -0.3 is 4.74 Å². The van der Waals surface area contributed by atoms with Crippen molar-refractivity contribution in [1.82, 2.24) is 0 Å². The molecule has 0 aromatic carbocycles. The number of ether oxygens (including phenoxy) is 1. The molecule has 1 aliphatic carbocycles. The Bertz CT molecular complexity index is 257. The third-order valence-electron chi connectivity index (χ3n) is 2.57. The first-order valence-corrected chi connectivity index (χ1v) is 4.40. The van der Waals surface area contributed by atoms with Crippen molar-refractivity contribution in [2.75, 3.05) is 6.61 Å². The second kappa shape index (κ2) is 3.32. The molecule has 0 heterocycles. The molecule has 0 aromatic heterocycles. The minimum atomic E-state index is -0.891. The van der Waals surface area contributed by atoms with Crippen LogP contribution < -0.4 is 0 Å². The van der Waals surface area contributed by atoms with E-state index >= 15 is 0 Å². The van der Waals surface area contributed by atoms with Crippen LogP contribution in [0.5, 0.6) is 0 Å². The maximum Gasteiger partial charge on any atom is 0.320 e. The number of esters is 1. The zero-order valence-electron chi connectivity index (χ0n) is 8.00. The molecule has 0 amide bonds. The molecule has 0 saturated heterocycles. The Labute approximate surface area is 77.8 Å². The van der Waals surface area contributed by atoms with Gasteiger partial charge in [-0.1, -0.05) is 6.08 Å². The molecule has 13 heavy (non-hydrogen) atoms. The SMILES string of the molecule is C=CC1C[C@]1(C(C)=O)C(=O)OCC. The molecule has 0 aliphatic heterocycles. The van der Waals surface area contributed by atoms with Crippen LogP contribution in [-0.2, 0) is 14.3 Å². The Hall–Kier alpha value is -1.12. The summed E-state index contributed by atoms with van der Waals surface area (Å²) in [6.45, 7) is 7.06. The molecule has 3 heteroatoms. The van der Waals surface area contributed by atoms with E-state index in [1.165, 1.54) is 6.92 Å².